The van der Waals surface area contributed by atoms with Gasteiger partial charge in [-0.2, -0.15) is 0 Å². The van der Waals surface area contributed by atoms with Crippen LogP contribution in [0.2, 0.25) is 0 Å². The number of nitrogen functional groups attached to an aromatic ring is 1. The lowest BCUT2D eigenvalue weighted by Gasteiger charge is -2.10. The molecular weight excluding hydrogens is 332 g/mol. The molecule has 0 aliphatic rings. The van der Waals surface area contributed by atoms with Gasteiger partial charge in [-0.25, -0.2) is 9.97 Å². The molecule has 0 fully saturated rings. The Morgan fingerprint density at radius 3 is 2.80 bits per heavy atom. The molecule has 0 atom stereocenters. The normalized spacial score (nSPS) is 11.3. The molecule has 0 unspecified atom stereocenters. The van der Waals surface area contributed by atoms with Gasteiger partial charge in [-0.15, -0.1) is 11.8 Å². The molecule has 2 heterocycles. The molecule has 0 radical (unpaired) electrons. The Kier molecular flexibility index (Phi) is 5.94. The first-order valence-electron chi connectivity index (χ1n) is 8.56. The van der Waals surface area contributed by atoms with Crippen LogP contribution in [0.1, 0.15) is 24.7 Å². The van der Waals surface area contributed by atoms with Crippen molar-refractivity contribution in [1.82, 2.24) is 14.5 Å². The molecule has 5 nitrogen and oxygen atoms in total. The van der Waals surface area contributed by atoms with Crippen molar-refractivity contribution < 1.29 is 4.74 Å². The summed E-state index contributed by atoms with van der Waals surface area (Å²) >= 11 is 1.88. The molecule has 132 valence electrons. The Balaban J connectivity index is 1.77. The number of nitrogens with two attached hydrogens (primary N) is 1. The molecule has 0 spiro atoms. The summed E-state index contributed by atoms with van der Waals surface area (Å²) in [5, 5.41) is 0. The highest BCUT2D eigenvalue weighted by Crippen LogP contribution is 2.25. The summed E-state index contributed by atoms with van der Waals surface area (Å²) in [7, 11) is 0. The van der Waals surface area contributed by atoms with Crippen molar-refractivity contribution in [2.24, 2.45) is 0 Å². The molecule has 2 aromatic heterocycles. The van der Waals surface area contributed by atoms with Gasteiger partial charge in [0.2, 0.25) is 0 Å². The number of aryl methyl sites for hydroxylation is 2. The average Bonchev–Trinajstić information content (AvgIpc) is 3.01. The zero-order chi connectivity index (χ0) is 17.6. The van der Waals surface area contributed by atoms with Crippen LogP contribution in [0.5, 0.6) is 0 Å². The largest absolute Gasteiger partial charge is 0.382 e. The molecule has 0 saturated carbocycles. The maximum absolute atomic E-state index is 6.03. The van der Waals surface area contributed by atoms with E-state index < -0.39 is 0 Å². The van der Waals surface area contributed by atoms with Crippen molar-refractivity contribution in [2.45, 2.75) is 38.3 Å². The van der Waals surface area contributed by atoms with Crippen molar-refractivity contribution >= 4 is 28.6 Å². The standard InChI is InChI=1S/C19H24N4OS/c1-3-24-13-16-22-17-18(14(2)12-21-19(17)20)23(16)10-7-11-25-15-8-5-4-6-9-15/h4-6,8-9,12H,3,7,10-11,13H2,1-2H3,(H2,20,21). The number of anilines is 1. The number of pyridine rings is 1. The van der Waals surface area contributed by atoms with Crippen LogP contribution in [0, 0.1) is 6.92 Å². The topological polar surface area (TPSA) is 66.0 Å². The molecule has 0 amide bonds. The number of rotatable bonds is 8. The summed E-state index contributed by atoms with van der Waals surface area (Å²) in [6, 6.07) is 10.5. The fraction of sp³-hybridized carbons (Fsp3) is 0.368. The zero-order valence-electron chi connectivity index (χ0n) is 14.7. The highest BCUT2D eigenvalue weighted by Gasteiger charge is 2.15. The van der Waals surface area contributed by atoms with Crippen LogP contribution in [0.4, 0.5) is 5.82 Å². The minimum absolute atomic E-state index is 0.482. The number of fused-ring (bicyclic) bond motifs is 1. The fourth-order valence-corrected chi connectivity index (χ4v) is 3.70. The van der Waals surface area contributed by atoms with Crippen molar-refractivity contribution in [3.63, 3.8) is 0 Å². The quantitative estimate of drug-likeness (QED) is 0.487. The summed E-state index contributed by atoms with van der Waals surface area (Å²) in [6.45, 7) is 6.10. The smallest absolute Gasteiger partial charge is 0.151 e. The lowest BCUT2D eigenvalue weighted by molar-refractivity contribution is 0.126. The van der Waals surface area contributed by atoms with Gasteiger partial charge in [0, 0.05) is 24.2 Å². The molecule has 0 aliphatic heterocycles. The third kappa shape index (κ3) is 4.14. The van der Waals surface area contributed by atoms with Crippen LogP contribution in [0.15, 0.2) is 41.4 Å². The van der Waals surface area contributed by atoms with Gasteiger partial charge in [-0.1, -0.05) is 18.2 Å². The Labute approximate surface area is 152 Å². The molecule has 2 N–H and O–H groups in total. The highest BCUT2D eigenvalue weighted by atomic mass is 32.2. The number of aromatic nitrogens is 3. The molecule has 25 heavy (non-hydrogen) atoms. The summed E-state index contributed by atoms with van der Waals surface area (Å²) < 4.78 is 7.84. The van der Waals surface area contributed by atoms with Crippen molar-refractivity contribution in [2.75, 3.05) is 18.1 Å². The van der Waals surface area contributed by atoms with E-state index in [2.05, 4.69) is 40.7 Å². The van der Waals surface area contributed by atoms with E-state index in [1.54, 1.807) is 0 Å². The first-order valence-corrected chi connectivity index (χ1v) is 9.55. The van der Waals surface area contributed by atoms with Crippen LogP contribution in [-0.4, -0.2) is 26.9 Å². The fourth-order valence-electron chi connectivity index (χ4n) is 2.84. The van der Waals surface area contributed by atoms with Crippen molar-refractivity contribution in [3.05, 3.63) is 47.9 Å². The summed E-state index contributed by atoms with van der Waals surface area (Å²) in [4.78, 5) is 10.2. The van der Waals surface area contributed by atoms with Gasteiger partial charge in [-0.05, 0) is 43.7 Å². The van der Waals surface area contributed by atoms with E-state index in [-0.39, 0.29) is 0 Å². The summed E-state index contributed by atoms with van der Waals surface area (Å²) in [5.41, 5.74) is 8.99. The number of thioether (sulfide) groups is 1. The van der Waals surface area contributed by atoms with Crippen molar-refractivity contribution in [3.8, 4) is 0 Å². The number of benzene rings is 1. The minimum atomic E-state index is 0.482. The zero-order valence-corrected chi connectivity index (χ0v) is 15.6. The van der Waals surface area contributed by atoms with Gasteiger partial charge in [0.25, 0.3) is 0 Å². The second kappa shape index (κ2) is 8.36. The van der Waals surface area contributed by atoms with Gasteiger partial charge in [0.05, 0.1) is 5.52 Å². The Morgan fingerprint density at radius 1 is 1.24 bits per heavy atom. The van der Waals surface area contributed by atoms with Crippen LogP contribution in [0.25, 0.3) is 11.0 Å². The lowest BCUT2D eigenvalue weighted by Crippen LogP contribution is -2.07. The van der Waals surface area contributed by atoms with Crippen LogP contribution >= 0.6 is 11.8 Å². The Bertz CT molecular complexity index is 832. The van der Waals surface area contributed by atoms with E-state index in [1.165, 1.54) is 4.90 Å². The molecule has 3 rings (SSSR count). The number of nitrogens with zero attached hydrogens (tertiary/aromatic N) is 3. The van der Waals surface area contributed by atoms with E-state index in [9.17, 15) is 0 Å². The first kappa shape index (κ1) is 17.8. The maximum Gasteiger partial charge on any atom is 0.151 e. The summed E-state index contributed by atoms with van der Waals surface area (Å²) in [6.07, 6.45) is 2.87. The van der Waals surface area contributed by atoms with E-state index in [1.807, 2.05) is 30.9 Å². The average molecular weight is 356 g/mol. The molecule has 0 saturated heterocycles. The lowest BCUT2D eigenvalue weighted by atomic mass is 10.2. The van der Waals surface area contributed by atoms with Gasteiger partial charge >= 0.3 is 0 Å². The van der Waals surface area contributed by atoms with E-state index in [4.69, 9.17) is 15.5 Å². The van der Waals surface area contributed by atoms with Gasteiger partial charge in [-0.3, -0.25) is 0 Å². The first-order chi connectivity index (χ1) is 12.2. The molecular formula is C19H24N4OS. The second-order valence-electron chi connectivity index (χ2n) is 5.86. The third-order valence-electron chi connectivity index (χ3n) is 4.03. The second-order valence-corrected chi connectivity index (χ2v) is 7.02. The SMILES string of the molecule is CCOCc1nc2c(N)ncc(C)c2n1CCCSc1ccccc1. The van der Waals surface area contributed by atoms with E-state index >= 15 is 0 Å². The molecule has 6 heteroatoms. The number of hydrogen-bond acceptors (Lipinski definition) is 5. The summed E-state index contributed by atoms with van der Waals surface area (Å²) in [5.74, 6) is 2.46. The molecule has 0 aliphatic carbocycles. The monoisotopic (exact) mass is 356 g/mol. The number of hydrogen-bond donors (Lipinski definition) is 1. The minimum Gasteiger partial charge on any atom is -0.382 e. The highest BCUT2D eigenvalue weighted by molar-refractivity contribution is 7.99. The Hall–Kier alpha value is -2.05. The van der Waals surface area contributed by atoms with Crippen LogP contribution in [-0.2, 0) is 17.9 Å². The van der Waals surface area contributed by atoms with Crippen molar-refractivity contribution in [1.29, 1.82) is 0 Å². The van der Waals surface area contributed by atoms with Gasteiger partial charge < -0.3 is 15.0 Å². The van der Waals surface area contributed by atoms with Crippen LogP contribution in [0.3, 0.4) is 0 Å². The number of ether oxygens (including phenoxy) is 1. The maximum atomic E-state index is 6.03. The van der Waals surface area contributed by atoms with Gasteiger partial charge in [0.15, 0.2) is 5.82 Å². The third-order valence-corrected chi connectivity index (χ3v) is 5.13. The predicted octanol–water partition coefficient (Wildman–Crippen LogP) is 4.04. The molecule has 1 aromatic carbocycles. The predicted molar refractivity (Wildman–Crippen MR) is 104 cm³/mol. The van der Waals surface area contributed by atoms with E-state index in [0.717, 1.165) is 41.1 Å². The van der Waals surface area contributed by atoms with E-state index in [0.29, 0.717) is 19.0 Å². The van der Waals surface area contributed by atoms with Crippen LogP contribution < -0.4 is 5.73 Å². The molecule has 0 bridgehead atoms. The Morgan fingerprint density at radius 2 is 2.04 bits per heavy atom. The number of imidazole rings is 1. The van der Waals surface area contributed by atoms with Gasteiger partial charge in [0.1, 0.15) is 17.9 Å². The molecule has 3 aromatic rings.